The van der Waals surface area contributed by atoms with E-state index in [4.69, 9.17) is 9.47 Å². The van der Waals surface area contributed by atoms with Crippen LogP contribution in [-0.4, -0.2) is 63.7 Å². The van der Waals surface area contributed by atoms with Crippen LogP contribution in [0.1, 0.15) is 12.0 Å². The highest BCUT2D eigenvalue weighted by Gasteiger charge is 2.38. The first kappa shape index (κ1) is 27.0. The van der Waals surface area contributed by atoms with Crippen LogP contribution in [0.5, 0.6) is 5.75 Å². The second-order valence-electron chi connectivity index (χ2n) is 7.88. The molecular formula is C21H26BBr2N3O6S. The number of rotatable bonds is 9. The van der Waals surface area contributed by atoms with Crippen LogP contribution in [0.3, 0.4) is 0 Å². The van der Waals surface area contributed by atoms with E-state index in [0.717, 1.165) is 5.56 Å². The molecule has 0 spiro atoms. The molecule has 1 heterocycles. The maximum absolute atomic E-state index is 12.9. The first-order valence-electron chi connectivity index (χ1n) is 10.5. The molecule has 1 saturated heterocycles. The molecule has 1 fully saturated rings. The predicted octanol–water partition coefficient (Wildman–Crippen LogP) is 2.98. The van der Waals surface area contributed by atoms with Crippen LogP contribution in [0.25, 0.3) is 0 Å². The number of carbonyl (C=O) groups excluding carboxylic acids is 1. The Hall–Kier alpha value is -1.64. The summed E-state index contributed by atoms with van der Waals surface area (Å²) >= 11 is 6.57. The number of sulfonamides is 1. The summed E-state index contributed by atoms with van der Waals surface area (Å²) in [7, 11) is -3.09. The molecule has 2 aromatic carbocycles. The van der Waals surface area contributed by atoms with Crippen LogP contribution in [-0.2, 0) is 21.3 Å². The van der Waals surface area contributed by atoms with Gasteiger partial charge in [0.2, 0.25) is 10.0 Å². The van der Waals surface area contributed by atoms with Crippen molar-refractivity contribution in [3.05, 3.63) is 57.0 Å². The Bertz CT molecular complexity index is 1120. The van der Waals surface area contributed by atoms with Crippen molar-refractivity contribution in [2.45, 2.75) is 36.8 Å². The summed E-state index contributed by atoms with van der Waals surface area (Å²) in [4.78, 5) is 14.1. The summed E-state index contributed by atoms with van der Waals surface area (Å²) in [5.74, 6) is 0.658. The molecular weight excluding hydrogens is 593 g/mol. The number of methoxy groups -OCH3 is 1. The maximum atomic E-state index is 12.9. The third-order valence-corrected chi connectivity index (χ3v) is 8.47. The SMILES string of the molecule is COc1ccccc1CNC(=O)OC[C@H]1C[C@@H](NS(=O)(=O)c2cc(Br)ccc2Br)CN1B(C)O. The lowest BCUT2D eigenvalue weighted by Gasteiger charge is -2.24. The highest BCUT2D eigenvalue weighted by molar-refractivity contribution is 9.11. The Balaban J connectivity index is 1.58. The Labute approximate surface area is 216 Å². The van der Waals surface area contributed by atoms with Crippen LogP contribution in [0, 0.1) is 0 Å². The molecule has 9 nitrogen and oxygen atoms in total. The molecule has 0 unspecified atom stereocenters. The number of nitrogens with zero attached hydrogens (tertiary/aromatic N) is 1. The minimum Gasteiger partial charge on any atom is -0.496 e. The molecule has 2 aromatic rings. The number of halogens is 2. The van der Waals surface area contributed by atoms with Crippen molar-refractivity contribution < 1.29 is 27.7 Å². The number of amides is 1. The fourth-order valence-electron chi connectivity index (χ4n) is 3.85. The summed E-state index contributed by atoms with van der Waals surface area (Å²) in [5, 5.41) is 12.9. The van der Waals surface area contributed by atoms with E-state index in [1.54, 1.807) is 36.9 Å². The van der Waals surface area contributed by atoms with Gasteiger partial charge in [-0.15, -0.1) is 0 Å². The monoisotopic (exact) mass is 617 g/mol. The zero-order valence-corrected chi connectivity index (χ0v) is 22.7. The molecule has 0 aromatic heterocycles. The smallest absolute Gasteiger partial charge is 0.407 e. The number of para-hydroxylation sites is 1. The van der Waals surface area contributed by atoms with Crippen LogP contribution < -0.4 is 14.8 Å². The van der Waals surface area contributed by atoms with Gasteiger partial charge < -0.3 is 24.6 Å². The predicted molar refractivity (Wildman–Crippen MR) is 136 cm³/mol. The zero-order chi connectivity index (χ0) is 24.9. The third-order valence-electron chi connectivity index (χ3n) is 5.46. The number of nitrogens with one attached hydrogen (secondary N) is 2. The molecule has 1 aliphatic rings. The van der Waals surface area contributed by atoms with Gasteiger partial charge in [-0.2, -0.15) is 0 Å². The van der Waals surface area contributed by atoms with E-state index in [1.165, 1.54) is 6.07 Å². The maximum Gasteiger partial charge on any atom is 0.407 e. The Morgan fingerprint density at radius 3 is 2.71 bits per heavy atom. The van der Waals surface area contributed by atoms with E-state index in [1.807, 2.05) is 18.2 Å². The normalized spacial score (nSPS) is 18.5. The summed E-state index contributed by atoms with van der Waals surface area (Å²) in [5.41, 5.74) is 0.807. The van der Waals surface area contributed by atoms with Gasteiger partial charge in [-0.05, 0) is 53.4 Å². The molecule has 0 radical (unpaired) electrons. The number of ether oxygens (including phenoxy) is 2. The van der Waals surface area contributed by atoms with Gasteiger partial charge in [0.1, 0.15) is 12.4 Å². The molecule has 0 saturated carbocycles. The first-order chi connectivity index (χ1) is 16.1. The lowest BCUT2D eigenvalue weighted by molar-refractivity contribution is 0.121. The quantitative estimate of drug-likeness (QED) is 0.370. The fraction of sp³-hybridized carbons (Fsp3) is 0.381. The lowest BCUT2D eigenvalue weighted by Crippen LogP contribution is -2.45. The van der Waals surface area contributed by atoms with E-state index in [-0.39, 0.29) is 30.6 Å². The summed E-state index contributed by atoms with van der Waals surface area (Å²) in [6.45, 7) is 2.11. The van der Waals surface area contributed by atoms with E-state index in [9.17, 15) is 18.2 Å². The van der Waals surface area contributed by atoms with Crippen LogP contribution in [0.2, 0.25) is 6.82 Å². The topological polar surface area (TPSA) is 117 Å². The minimum absolute atomic E-state index is 0.00145. The average Bonchev–Trinajstić information content (AvgIpc) is 3.20. The van der Waals surface area contributed by atoms with Crippen molar-refractivity contribution in [1.82, 2.24) is 14.8 Å². The van der Waals surface area contributed by atoms with Crippen molar-refractivity contribution in [2.75, 3.05) is 20.3 Å². The highest BCUT2D eigenvalue weighted by Crippen LogP contribution is 2.27. The molecule has 1 amide bonds. The van der Waals surface area contributed by atoms with Crippen molar-refractivity contribution in [3.8, 4) is 5.75 Å². The third kappa shape index (κ3) is 6.95. The molecule has 3 N–H and O–H groups in total. The van der Waals surface area contributed by atoms with Crippen molar-refractivity contribution in [3.63, 3.8) is 0 Å². The number of carbonyl (C=O) groups is 1. The van der Waals surface area contributed by atoms with Gasteiger partial charge in [0, 0.05) is 39.7 Å². The van der Waals surface area contributed by atoms with Crippen molar-refractivity contribution in [1.29, 1.82) is 0 Å². The molecule has 1 aliphatic heterocycles. The van der Waals surface area contributed by atoms with Gasteiger partial charge in [-0.3, -0.25) is 0 Å². The fourth-order valence-corrected chi connectivity index (χ4v) is 6.60. The standard InChI is InChI=1S/C21H26BBr2N3O6S/c1-22(29)27-12-16(26-34(30,31)20-9-15(23)7-8-18(20)24)10-17(27)13-33-21(28)25-11-14-5-3-4-6-19(14)32-2/h3-9,16-17,26,29H,10-13H2,1-2H3,(H,25,28)/t16-,17-/m1/s1. The van der Waals surface area contributed by atoms with Gasteiger partial charge in [0.15, 0.2) is 0 Å². The Morgan fingerprint density at radius 1 is 1.26 bits per heavy atom. The van der Waals surface area contributed by atoms with Crippen molar-refractivity contribution >= 4 is 55.0 Å². The molecule has 184 valence electrons. The minimum atomic E-state index is -3.81. The van der Waals surface area contributed by atoms with Crippen molar-refractivity contribution in [2.24, 2.45) is 0 Å². The largest absolute Gasteiger partial charge is 0.496 e. The Kier molecular flexibility index (Phi) is 9.41. The zero-order valence-electron chi connectivity index (χ0n) is 18.7. The van der Waals surface area contributed by atoms with Gasteiger partial charge in [-0.25, -0.2) is 17.9 Å². The summed E-state index contributed by atoms with van der Waals surface area (Å²) < 4.78 is 40.3. The number of hydrogen-bond acceptors (Lipinski definition) is 7. The Morgan fingerprint density at radius 2 is 2.00 bits per heavy atom. The van der Waals surface area contributed by atoms with Gasteiger partial charge in [0.25, 0.3) is 0 Å². The van der Waals surface area contributed by atoms with E-state index in [0.29, 0.717) is 21.1 Å². The van der Waals surface area contributed by atoms with Gasteiger partial charge >= 0.3 is 13.1 Å². The van der Waals surface area contributed by atoms with E-state index in [2.05, 4.69) is 41.9 Å². The average molecular weight is 619 g/mol. The number of hydrogen-bond donors (Lipinski definition) is 3. The first-order valence-corrected chi connectivity index (χ1v) is 13.6. The molecule has 13 heteroatoms. The van der Waals surface area contributed by atoms with Crippen LogP contribution in [0.4, 0.5) is 4.79 Å². The molecule has 0 bridgehead atoms. The van der Waals surface area contributed by atoms with Crippen LogP contribution in [0.15, 0.2) is 56.3 Å². The second kappa shape index (κ2) is 11.9. The molecule has 0 aliphatic carbocycles. The molecule has 3 rings (SSSR count). The summed E-state index contributed by atoms with van der Waals surface area (Å²) in [6.07, 6.45) is -0.242. The number of alkyl carbamates (subject to hydrolysis) is 1. The second-order valence-corrected chi connectivity index (χ2v) is 11.3. The van der Waals surface area contributed by atoms with Crippen LogP contribution >= 0.6 is 31.9 Å². The lowest BCUT2D eigenvalue weighted by atomic mass is 9.84. The van der Waals surface area contributed by atoms with E-state index < -0.39 is 29.2 Å². The van der Waals surface area contributed by atoms with Gasteiger partial charge in [0.05, 0.1) is 12.0 Å². The summed E-state index contributed by atoms with van der Waals surface area (Å²) in [6, 6.07) is 11.4. The van der Waals surface area contributed by atoms with Gasteiger partial charge in [-0.1, -0.05) is 34.1 Å². The molecule has 34 heavy (non-hydrogen) atoms. The highest BCUT2D eigenvalue weighted by atomic mass is 79.9. The van der Waals surface area contributed by atoms with E-state index >= 15 is 0 Å². The number of benzene rings is 2. The molecule has 2 atom stereocenters.